The Morgan fingerprint density at radius 2 is 2.29 bits per heavy atom. The van der Waals surface area contributed by atoms with Crippen molar-refractivity contribution >= 4 is 5.91 Å². The molecule has 4 nitrogen and oxygen atoms in total. The summed E-state index contributed by atoms with van der Waals surface area (Å²) >= 11 is 0. The van der Waals surface area contributed by atoms with Crippen LogP contribution in [0.1, 0.15) is 18.4 Å². The van der Waals surface area contributed by atoms with Gasteiger partial charge in [0, 0.05) is 19.7 Å². The van der Waals surface area contributed by atoms with Gasteiger partial charge in [0.25, 0.3) is 0 Å². The Kier molecular flexibility index (Phi) is 5.25. The van der Waals surface area contributed by atoms with Gasteiger partial charge in [-0.25, -0.2) is 8.78 Å². The number of carbonyl (C=O) groups is 1. The molecule has 1 amide bonds. The van der Waals surface area contributed by atoms with Crippen LogP contribution < -0.4 is 10.6 Å². The summed E-state index contributed by atoms with van der Waals surface area (Å²) < 4.78 is 31.5. The number of halogens is 2. The molecular formula is C15H20F2N2O2. The molecule has 2 rings (SSSR count). The van der Waals surface area contributed by atoms with E-state index in [0.717, 1.165) is 31.5 Å². The quantitative estimate of drug-likeness (QED) is 0.834. The van der Waals surface area contributed by atoms with Gasteiger partial charge >= 0.3 is 0 Å². The van der Waals surface area contributed by atoms with E-state index in [0.29, 0.717) is 13.2 Å². The minimum atomic E-state index is -0.698. The number of benzene rings is 1. The maximum Gasteiger partial charge on any atom is 0.224 e. The topological polar surface area (TPSA) is 50.4 Å². The summed E-state index contributed by atoms with van der Waals surface area (Å²) in [6, 6.07) is 3.23. The van der Waals surface area contributed by atoms with E-state index in [-0.39, 0.29) is 23.4 Å². The highest BCUT2D eigenvalue weighted by molar-refractivity contribution is 5.78. The van der Waals surface area contributed by atoms with Crippen LogP contribution in [0.3, 0.4) is 0 Å². The maximum absolute atomic E-state index is 13.5. The summed E-state index contributed by atoms with van der Waals surface area (Å²) in [6.45, 7) is 1.84. The predicted octanol–water partition coefficient (Wildman–Crippen LogP) is 1.39. The first kappa shape index (κ1) is 15.9. The van der Waals surface area contributed by atoms with E-state index in [4.69, 9.17) is 4.74 Å². The number of nitrogens with one attached hydrogen (secondary N) is 2. The molecule has 0 bridgehead atoms. The van der Waals surface area contributed by atoms with Gasteiger partial charge in [0.1, 0.15) is 11.6 Å². The van der Waals surface area contributed by atoms with Crippen LogP contribution in [-0.4, -0.2) is 38.3 Å². The summed E-state index contributed by atoms with van der Waals surface area (Å²) in [5.41, 5.74) is -0.0553. The molecule has 6 heteroatoms. The third-order valence-corrected chi connectivity index (χ3v) is 3.74. The molecule has 1 fully saturated rings. The Morgan fingerprint density at radius 3 is 2.90 bits per heavy atom. The van der Waals surface area contributed by atoms with Crippen LogP contribution in [0.5, 0.6) is 0 Å². The van der Waals surface area contributed by atoms with E-state index in [2.05, 4.69) is 10.6 Å². The Bertz CT molecular complexity index is 502. The molecule has 0 saturated carbocycles. The number of ether oxygens (including phenoxy) is 1. The van der Waals surface area contributed by atoms with Crippen LogP contribution in [0.2, 0.25) is 0 Å². The fourth-order valence-electron chi connectivity index (χ4n) is 2.64. The van der Waals surface area contributed by atoms with Crippen molar-refractivity contribution in [1.29, 1.82) is 0 Å². The summed E-state index contributed by atoms with van der Waals surface area (Å²) in [4.78, 5) is 11.9. The number of hydrogen-bond acceptors (Lipinski definition) is 3. The van der Waals surface area contributed by atoms with Gasteiger partial charge in [-0.1, -0.05) is 6.07 Å². The van der Waals surface area contributed by atoms with E-state index in [9.17, 15) is 13.6 Å². The van der Waals surface area contributed by atoms with Gasteiger partial charge in [-0.3, -0.25) is 4.79 Å². The lowest BCUT2D eigenvalue weighted by Crippen LogP contribution is -2.53. The number of carbonyl (C=O) groups excluding carboxylic acids is 1. The highest BCUT2D eigenvalue weighted by Crippen LogP contribution is 2.19. The molecular weight excluding hydrogens is 278 g/mol. The van der Waals surface area contributed by atoms with Crippen molar-refractivity contribution < 1.29 is 18.3 Å². The van der Waals surface area contributed by atoms with Crippen LogP contribution >= 0.6 is 0 Å². The molecule has 1 aromatic carbocycles. The third-order valence-electron chi connectivity index (χ3n) is 3.74. The normalized spacial score (nSPS) is 21.5. The molecule has 0 aromatic heterocycles. The van der Waals surface area contributed by atoms with E-state index in [1.54, 1.807) is 7.11 Å². The highest BCUT2D eigenvalue weighted by atomic mass is 19.1. The molecule has 0 aliphatic carbocycles. The van der Waals surface area contributed by atoms with Gasteiger partial charge in [-0.05, 0) is 31.0 Å². The van der Waals surface area contributed by atoms with Crippen molar-refractivity contribution in [2.75, 3.05) is 26.8 Å². The van der Waals surface area contributed by atoms with Crippen LogP contribution in [0.25, 0.3) is 0 Å². The van der Waals surface area contributed by atoms with E-state index in [1.807, 2.05) is 0 Å². The van der Waals surface area contributed by atoms with Crippen molar-refractivity contribution in [3.05, 3.63) is 35.4 Å². The molecule has 1 aromatic rings. The number of amides is 1. The average molecular weight is 298 g/mol. The Labute approximate surface area is 122 Å². The predicted molar refractivity (Wildman–Crippen MR) is 74.9 cm³/mol. The second-order valence-corrected chi connectivity index (χ2v) is 5.43. The second-order valence-electron chi connectivity index (χ2n) is 5.43. The Hall–Kier alpha value is -1.53. The minimum absolute atomic E-state index is 0.102. The second kappa shape index (κ2) is 6.95. The van der Waals surface area contributed by atoms with Crippen LogP contribution in [0, 0.1) is 11.6 Å². The molecule has 2 N–H and O–H groups in total. The molecule has 1 atom stereocenters. The number of hydrogen-bond donors (Lipinski definition) is 2. The standard InChI is InChI=1S/C15H20F2N2O2/c1-21-10-15(5-2-6-19-15)9-18-14(20)7-11-3-4-12(16)8-13(11)17/h3-4,8,19H,2,5-7,9-10H2,1H3,(H,18,20). The van der Waals surface area contributed by atoms with Crippen molar-refractivity contribution in [2.45, 2.75) is 24.8 Å². The van der Waals surface area contributed by atoms with Crippen molar-refractivity contribution in [1.82, 2.24) is 10.6 Å². The fourth-order valence-corrected chi connectivity index (χ4v) is 2.64. The van der Waals surface area contributed by atoms with Crippen LogP contribution in [0.15, 0.2) is 18.2 Å². The number of rotatable bonds is 6. The highest BCUT2D eigenvalue weighted by Gasteiger charge is 2.33. The molecule has 0 radical (unpaired) electrons. The van der Waals surface area contributed by atoms with Gasteiger partial charge in [0.2, 0.25) is 5.91 Å². The molecule has 1 unspecified atom stereocenters. The van der Waals surface area contributed by atoms with Gasteiger partial charge in [-0.2, -0.15) is 0 Å². The first-order chi connectivity index (χ1) is 10.0. The smallest absolute Gasteiger partial charge is 0.224 e. The molecule has 1 heterocycles. The zero-order valence-corrected chi connectivity index (χ0v) is 12.0. The zero-order chi connectivity index (χ0) is 15.3. The molecule has 21 heavy (non-hydrogen) atoms. The van der Waals surface area contributed by atoms with Crippen LogP contribution in [-0.2, 0) is 16.0 Å². The lowest BCUT2D eigenvalue weighted by molar-refractivity contribution is -0.120. The molecule has 116 valence electrons. The molecule has 0 spiro atoms. The van der Waals surface area contributed by atoms with Crippen molar-refractivity contribution in [2.24, 2.45) is 0 Å². The van der Waals surface area contributed by atoms with Gasteiger partial charge in [-0.15, -0.1) is 0 Å². The minimum Gasteiger partial charge on any atom is -0.383 e. The SMILES string of the molecule is COCC1(CNC(=O)Cc2ccc(F)cc2F)CCCN1. The Morgan fingerprint density at radius 1 is 1.48 bits per heavy atom. The van der Waals surface area contributed by atoms with E-state index >= 15 is 0 Å². The summed E-state index contributed by atoms with van der Waals surface area (Å²) in [5, 5.41) is 6.14. The van der Waals surface area contributed by atoms with Gasteiger partial charge < -0.3 is 15.4 Å². The van der Waals surface area contributed by atoms with E-state index < -0.39 is 11.6 Å². The van der Waals surface area contributed by atoms with E-state index in [1.165, 1.54) is 6.07 Å². The van der Waals surface area contributed by atoms with Crippen LogP contribution in [0.4, 0.5) is 8.78 Å². The first-order valence-electron chi connectivity index (χ1n) is 6.99. The van der Waals surface area contributed by atoms with Crippen molar-refractivity contribution in [3.8, 4) is 0 Å². The maximum atomic E-state index is 13.5. The molecule has 1 aliphatic heterocycles. The van der Waals surface area contributed by atoms with Crippen molar-refractivity contribution in [3.63, 3.8) is 0 Å². The van der Waals surface area contributed by atoms with Gasteiger partial charge in [0.05, 0.1) is 18.6 Å². The summed E-state index contributed by atoms with van der Waals surface area (Å²) in [7, 11) is 1.62. The van der Waals surface area contributed by atoms with Gasteiger partial charge in [0.15, 0.2) is 0 Å². The largest absolute Gasteiger partial charge is 0.383 e. The number of methoxy groups -OCH3 is 1. The lowest BCUT2D eigenvalue weighted by atomic mass is 9.98. The third kappa shape index (κ3) is 4.22. The molecule has 1 saturated heterocycles. The average Bonchev–Trinajstić information content (AvgIpc) is 2.89. The zero-order valence-electron chi connectivity index (χ0n) is 12.0. The summed E-state index contributed by atoms with van der Waals surface area (Å²) in [6.07, 6.45) is 1.85. The monoisotopic (exact) mass is 298 g/mol. The summed E-state index contributed by atoms with van der Waals surface area (Å²) in [5.74, 6) is -1.63. The lowest BCUT2D eigenvalue weighted by Gasteiger charge is -2.29. The Balaban J connectivity index is 1.89. The molecule has 1 aliphatic rings. The first-order valence-corrected chi connectivity index (χ1v) is 6.99. The fraction of sp³-hybridized carbons (Fsp3) is 0.533.